The minimum Gasteiger partial charge on any atom is -0.493 e. The molecule has 2 atom stereocenters. The number of nitrogens with zero attached hydrogens (tertiary/aromatic N) is 8. The van der Waals surface area contributed by atoms with Crippen molar-refractivity contribution >= 4 is 53.3 Å². The van der Waals surface area contributed by atoms with Crippen molar-refractivity contribution in [2.24, 2.45) is 0 Å². The second kappa shape index (κ2) is 39.0. The number of nitrogens with one attached hydrogen (secondary N) is 2. The van der Waals surface area contributed by atoms with Crippen LogP contribution >= 0.6 is 11.6 Å². The fourth-order valence-corrected chi connectivity index (χ4v) is 10.3. The minimum absolute atomic E-state index is 0.00898. The van der Waals surface area contributed by atoms with Crippen molar-refractivity contribution in [3.05, 3.63) is 76.4 Å². The van der Waals surface area contributed by atoms with Gasteiger partial charge < -0.3 is 59.4 Å². The van der Waals surface area contributed by atoms with E-state index < -0.39 is 24.3 Å². The van der Waals surface area contributed by atoms with Gasteiger partial charge in [0, 0.05) is 132 Å². The Hall–Kier alpha value is -6.04. The average Bonchev–Trinajstić information content (AvgIpc) is 2.64. The molecule has 0 spiro atoms. The monoisotopic (exact) mass is 1230 g/mol. The van der Waals surface area contributed by atoms with Crippen LogP contribution in [0.3, 0.4) is 0 Å². The lowest BCUT2D eigenvalue weighted by molar-refractivity contribution is -0.140. The van der Waals surface area contributed by atoms with E-state index >= 15 is 0 Å². The molecule has 6 rings (SSSR count). The van der Waals surface area contributed by atoms with E-state index in [1.54, 1.807) is 14.7 Å². The first-order chi connectivity index (χ1) is 41.5. The van der Waals surface area contributed by atoms with Gasteiger partial charge in [-0.2, -0.15) is 0 Å². The molecule has 86 heavy (non-hydrogen) atoms. The zero-order valence-corrected chi connectivity index (χ0v) is 50.5. The fourth-order valence-electron chi connectivity index (χ4n) is 10.1. The van der Waals surface area contributed by atoms with Gasteiger partial charge in [-0.05, 0) is 69.3 Å². The summed E-state index contributed by atoms with van der Waals surface area (Å²) >= 11 is 5.47. The number of aromatic nitrogens is 1. The van der Waals surface area contributed by atoms with Crippen LogP contribution in [-0.4, -0.2) is 289 Å². The molecule has 3 saturated heterocycles. The molecule has 1 aromatic heterocycles. The van der Waals surface area contributed by atoms with Gasteiger partial charge in [-0.1, -0.05) is 30.7 Å². The molecular weight excluding hydrogens is 1150 g/mol. The maximum absolute atomic E-state index is 14.1. The predicted octanol–water partition coefficient (Wildman–Crippen LogP) is 3.23. The highest BCUT2D eigenvalue weighted by molar-refractivity contribution is 6.30. The lowest BCUT2D eigenvalue weighted by Gasteiger charge is -2.41. The van der Waals surface area contributed by atoms with E-state index in [2.05, 4.69) is 45.4 Å². The number of hydrogen-bond donors (Lipinski definition) is 5. The number of aliphatic carboxylic acids is 3. The smallest absolute Gasteiger partial charge is 0.317 e. The Kier molecular flexibility index (Phi) is 32.1. The van der Waals surface area contributed by atoms with E-state index in [4.69, 9.17) is 40.3 Å². The van der Waals surface area contributed by atoms with Gasteiger partial charge in [-0.15, -0.1) is 0 Å². The number of carbonyl (C=O) groups excluding carboxylic acids is 3. The van der Waals surface area contributed by atoms with Crippen LogP contribution in [0.5, 0.6) is 5.75 Å². The molecule has 27 heteroatoms. The summed E-state index contributed by atoms with van der Waals surface area (Å²) in [6.45, 7) is 15.0. The van der Waals surface area contributed by atoms with Gasteiger partial charge >= 0.3 is 17.9 Å². The number of halogens is 3. The highest BCUT2D eigenvalue weighted by Gasteiger charge is 2.31. The number of benzene rings is 2. The minimum atomic E-state index is -2.66. The molecule has 4 heterocycles. The number of carboxylic acid groups (broad SMARTS) is 3. The number of pyridine rings is 1. The standard InChI is InChI=1S/C51H82N10O13.C8H5ClF2O/c1-4-41-35-55(3)15-24-61(41)44-11-10-43(42-8-6-7-9-45(42)74-5-2)54-50(44)51(69)53-40-12-14-56(34-40)25-27-71-29-31-73-33-32-72-30-28-70-26-13-52-46(62)36-57-16-18-58(37-47(63)64)20-22-60(39-49(67)68)23-21-59(19-17-57)38-48(65)66;9-6-2-1-5(4-12)7(3-6)8(10)11/h6-11,40-41H,4-5,12-39H2,1-3H3,(H,52,62)(H,53,69)(H,63,64)(H,65,66)(H,67,68);1-4,8H. The number of carboxylic acids is 3. The molecule has 478 valence electrons. The van der Waals surface area contributed by atoms with E-state index in [1.165, 1.54) is 12.1 Å². The van der Waals surface area contributed by atoms with Crippen molar-refractivity contribution in [1.29, 1.82) is 0 Å². The Bertz CT molecular complexity index is 2550. The quantitative estimate of drug-likeness (QED) is 0.0444. The Balaban J connectivity index is 0.000000999. The summed E-state index contributed by atoms with van der Waals surface area (Å²) in [5, 5.41) is 34.6. The summed E-state index contributed by atoms with van der Waals surface area (Å²) in [4.78, 5) is 90.8. The highest BCUT2D eigenvalue weighted by Crippen LogP contribution is 2.33. The Labute approximate surface area is 507 Å². The summed E-state index contributed by atoms with van der Waals surface area (Å²) in [5.41, 5.74) is 2.52. The van der Waals surface area contributed by atoms with Crippen molar-refractivity contribution in [1.82, 2.24) is 45.0 Å². The third-order valence-corrected chi connectivity index (χ3v) is 14.9. The molecule has 3 aliphatic heterocycles. The number of piperazine rings is 1. The summed E-state index contributed by atoms with van der Waals surface area (Å²) in [7, 11) is 2.14. The number of aldehydes is 1. The first kappa shape index (κ1) is 70.7. The van der Waals surface area contributed by atoms with Crippen LogP contribution in [0.4, 0.5) is 14.5 Å². The third kappa shape index (κ3) is 25.7. The third-order valence-electron chi connectivity index (χ3n) is 14.6. The second-order valence-corrected chi connectivity index (χ2v) is 21.5. The summed E-state index contributed by atoms with van der Waals surface area (Å²) < 4.78 is 53.0. The van der Waals surface area contributed by atoms with E-state index in [0.29, 0.717) is 123 Å². The Morgan fingerprint density at radius 1 is 0.686 bits per heavy atom. The highest BCUT2D eigenvalue weighted by atomic mass is 35.5. The molecular formula is C59H87ClF2N10O14. The normalized spacial score (nSPS) is 18.2. The molecule has 0 aliphatic carbocycles. The molecule has 2 unspecified atom stereocenters. The zero-order chi connectivity index (χ0) is 62.2. The summed E-state index contributed by atoms with van der Waals surface area (Å²) in [6, 6.07) is 15.9. The van der Waals surface area contributed by atoms with E-state index in [9.17, 15) is 52.9 Å². The molecule has 0 radical (unpaired) electrons. The summed E-state index contributed by atoms with van der Waals surface area (Å²) in [6.07, 6.45) is -0.480. The van der Waals surface area contributed by atoms with Crippen molar-refractivity contribution < 1.29 is 76.6 Å². The van der Waals surface area contributed by atoms with Gasteiger partial charge in [0.1, 0.15) is 5.75 Å². The Morgan fingerprint density at radius 2 is 1.24 bits per heavy atom. The van der Waals surface area contributed by atoms with Crippen LogP contribution in [0.25, 0.3) is 11.3 Å². The van der Waals surface area contributed by atoms with Crippen LogP contribution < -0.4 is 20.3 Å². The lowest BCUT2D eigenvalue weighted by atomic mass is 10.0. The first-order valence-corrected chi connectivity index (χ1v) is 29.7. The van der Waals surface area contributed by atoms with Crippen molar-refractivity contribution in [2.45, 2.75) is 45.2 Å². The zero-order valence-electron chi connectivity index (χ0n) is 49.8. The number of amides is 2. The number of alkyl halides is 2. The van der Waals surface area contributed by atoms with Crippen molar-refractivity contribution in [3.8, 4) is 17.0 Å². The van der Waals surface area contributed by atoms with Crippen LogP contribution in [0.15, 0.2) is 54.6 Å². The molecule has 2 amide bonds. The number of para-hydroxylation sites is 1. The number of rotatable bonds is 32. The fraction of sp³-hybridized carbons (Fsp3) is 0.610. The van der Waals surface area contributed by atoms with Crippen LogP contribution in [-0.2, 0) is 38.1 Å². The average molecular weight is 1230 g/mol. The van der Waals surface area contributed by atoms with E-state index in [1.807, 2.05) is 42.2 Å². The van der Waals surface area contributed by atoms with Crippen LogP contribution in [0.2, 0.25) is 5.02 Å². The Morgan fingerprint density at radius 3 is 1.79 bits per heavy atom. The number of anilines is 1. The van der Waals surface area contributed by atoms with Gasteiger partial charge in [-0.25, -0.2) is 13.8 Å². The molecule has 24 nitrogen and oxygen atoms in total. The topological polar surface area (TPSA) is 269 Å². The molecule has 3 aromatic rings. The predicted molar refractivity (Wildman–Crippen MR) is 319 cm³/mol. The summed E-state index contributed by atoms with van der Waals surface area (Å²) in [5.74, 6) is -2.72. The van der Waals surface area contributed by atoms with Gasteiger partial charge in [-0.3, -0.25) is 53.3 Å². The van der Waals surface area contributed by atoms with Gasteiger partial charge in [0.15, 0.2) is 12.0 Å². The molecule has 2 aromatic carbocycles. The largest absolute Gasteiger partial charge is 0.493 e. The van der Waals surface area contributed by atoms with Gasteiger partial charge in [0.2, 0.25) is 5.91 Å². The van der Waals surface area contributed by atoms with E-state index in [0.717, 1.165) is 75.2 Å². The van der Waals surface area contributed by atoms with E-state index in [-0.39, 0.29) is 79.4 Å². The van der Waals surface area contributed by atoms with Gasteiger partial charge in [0.05, 0.1) is 97.0 Å². The van der Waals surface area contributed by atoms with Gasteiger partial charge in [0.25, 0.3) is 12.3 Å². The number of carbonyl (C=O) groups is 6. The van der Waals surface area contributed by atoms with Crippen LogP contribution in [0, 0.1) is 0 Å². The number of likely N-dealkylation sites (tertiary alicyclic amines) is 1. The maximum Gasteiger partial charge on any atom is 0.317 e. The van der Waals surface area contributed by atoms with Crippen LogP contribution in [0.1, 0.15) is 59.5 Å². The number of likely N-dealkylation sites (N-methyl/N-ethyl adjacent to an activating group) is 1. The van der Waals surface area contributed by atoms with Crippen molar-refractivity contribution in [2.75, 3.05) is 196 Å². The SMILES string of the molecule is CCOc1ccccc1-c1ccc(N2CCN(C)CC2CC)c(C(=O)NC2CCN(CCOCCOCCOCCOCCNC(=O)CN3CCN(CC(=O)O)CCN(CC(=O)O)CCN(CC(=O)O)CC3)C2)n1.O=Cc1ccc(Cl)cc1C(F)F. The second-order valence-electron chi connectivity index (χ2n) is 21.0. The molecule has 5 N–H and O–H groups in total. The molecule has 3 fully saturated rings. The maximum atomic E-state index is 14.1. The lowest BCUT2D eigenvalue weighted by Crippen LogP contribution is -2.52. The molecule has 0 bridgehead atoms. The number of ether oxygens (including phenoxy) is 5. The van der Waals surface area contributed by atoms with Crippen molar-refractivity contribution in [3.63, 3.8) is 0 Å². The number of hydrogen-bond acceptors (Lipinski definition) is 19. The molecule has 3 aliphatic rings. The first-order valence-electron chi connectivity index (χ1n) is 29.3. The molecule has 0 saturated carbocycles.